The number of aliphatic hydroxyl groups is 1. The van der Waals surface area contributed by atoms with E-state index in [4.69, 9.17) is 18.0 Å². The first-order valence-electron chi connectivity index (χ1n) is 6.27. The second-order valence-electron chi connectivity index (χ2n) is 4.69. The molecule has 0 aliphatic carbocycles. The standard InChI is InChI=1S/C15H16ClNO2/c1-2-11-9-15(19)17(10-11)14(7-8-18)12-3-5-13(16)6-4-12/h1,3-6,11,14,18H,7-10H2. The fraction of sp³-hybridized carbons (Fsp3) is 0.400. The largest absolute Gasteiger partial charge is 0.396 e. The van der Waals surface area contributed by atoms with Crippen LogP contribution in [0.15, 0.2) is 24.3 Å². The predicted octanol–water partition coefficient (Wildman–Crippen LogP) is 2.25. The Bertz CT molecular complexity index is 492. The summed E-state index contributed by atoms with van der Waals surface area (Å²) in [6.07, 6.45) is 6.29. The number of hydrogen-bond acceptors (Lipinski definition) is 2. The Morgan fingerprint density at radius 3 is 2.68 bits per heavy atom. The summed E-state index contributed by atoms with van der Waals surface area (Å²) in [6, 6.07) is 7.23. The van der Waals surface area contributed by atoms with Crippen LogP contribution in [0.25, 0.3) is 0 Å². The Morgan fingerprint density at radius 1 is 1.47 bits per heavy atom. The molecule has 1 saturated heterocycles. The molecular weight excluding hydrogens is 262 g/mol. The number of hydrogen-bond donors (Lipinski definition) is 1. The Morgan fingerprint density at radius 2 is 2.16 bits per heavy atom. The number of halogens is 1. The number of likely N-dealkylation sites (tertiary alicyclic amines) is 1. The van der Waals surface area contributed by atoms with Crippen LogP contribution in [0, 0.1) is 18.3 Å². The maximum absolute atomic E-state index is 12.0. The topological polar surface area (TPSA) is 40.5 Å². The van der Waals surface area contributed by atoms with Crippen molar-refractivity contribution >= 4 is 17.5 Å². The van der Waals surface area contributed by atoms with Gasteiger partial charge in [0.2, 0.25) is 5.91 Å². The molecule has 100 valence electrons. The molecule has 3 nitrogen and oxygen atoms in total. The number of carbonyl (C=O) groups is 1. The number of aliphatic hydroxyl groups excluding tert-OH is 1. The van der Waals surface area contributed by atoms with Crippen LogP contribution in [-0.2, 0) is 4.79 Å². The van der Waals surface area contributed by atoms with Gasteiger partial charge in [0, 0.05) is 30.5 Å². The van der Waals surface area contributed by atoms with E-state index in [1.54, 1.807) is 17.0 Å². The lowest BCUT2D eigenvalue weighted by molar-refractivity contribution is -0.130. The van der Waals surface area contributed by atoms with Gasteiger partial charge >= 0.3 is 0 Å². The zero-order chi connectivity index (χ0) is 13.8. The fourth-order valence-corrected chi connectivity index (χ4v) is 2.58. The van der Waals surface area contributed by atoms with Gasteiger partial charge in [-0.2, -0.15) is 0 Å². The molecule has 1 aliphatic heterocycles. The maximum atomic E-state index is 12.0. The van der Waals surface area contributed by atoms with Gasteiger partial charge in [-0.1, -0.05) is 23.7 Å². The van der Waals surface area contributed by atoms with Crippen molar-refractivity contribution in [1.82, 2.24) is 4.90 Å². The molecule has 1 amide bonds. The van der Waals surface area contributed by atoms with Crippen LogP contribution in [0.5, 0.6) is 0 Å². The molecule has 0 radical (unpaired) electrons. The molecule has 2 rings (SSSR count). The van der Waals surface area contributed by atoms with Crippen LogP contribution in [0.1, 0.15) is 24.4 Å². The van der Waals surface area contributed by atoms with Gasteiger partial charge in [-0.25, -0.2) is 0 Å². The molecule has 2 atom stereocenters. The zero-order valence-electron chi connectivity index (χ0n) is 10.6. The highest BCUT2D eigenvalue weighted by Gasteiger charge is 2.33. The van der Waals surface area contributed by atoms with E-state index in [0.29, 0.717) is 24.4 Å². The predicted molar refractivity (Wildman–Crippen MR) is 74.5 cm³/mol. The maximum Gasteiger partial charge on any atom is 0.224 e. The van der Waals surface area contributed by atoms with Gasteiger partial charge in [0.25, 0.3) is 0 Å². The van der Waals surface area contributed by atoms with Crippen LogP contribution < -0.4 is 0 Å². The first-order valence-corrected chi connectivity index (χ1v) is 6.65. The summed E-state index contributed by atoms with van der Waals surface area (Å²) in [6.45, 7) is 0.584. The fourth-order valence-electron chi connectivity index (χ4n) is 2.45. The summed E-state index contributed by atoms with van der Waals surface area (Å²) in [7, 11) is 0. The number of carbonyl (C=O) groups excluding carboxylic acids is 1. The monoisotopic (exact) mass is 277 g/mol. The lowest BCUT2D eigenvalue weighted by atomic mass is 10.0. The van der Waals surface area contributed by atoms with Crippen molar-refractivity contribution in [3.05, 3.63) is 34.9 Å². The van der Waals surface area contributed by atoms with Crippen molar-refractivity contribution in [3.8, 4) is 12.3 Å². The lowest BCUT2D eigenvalue weighted by Crippen LogP contribution is -2.31. The smallest absolute Gasteiger partial charge is 0.224 e. The third kappa shape index (κ3) is 3.09. The minimum Gasteiger partial charge on any atom is -0.396 e. The van der Waals surface area contributed by atoms with E-state index in [1.807, 2.05) is 12.1 Å². The number of amides is 1. The molecule has 1 heterocycles. The highest BCUT2D eigenvalue weighted by atomic mass is 35.5. The van der Waals surface area contributed by atoms with E-state index in [9.17, 15) is 9.90 Å². The SMILES string of the molecule is C#CC1CC(=O)N(C(CCO)c2ccc(Cl)cc2)C1. The molecule has 1 aromatic carbocycles. The van der Waals surface area contributed by atoms with E-state index in [2.05, 4.69) is 5.92 Å². The number of benzene rings is 1. The average molecular weight is 278 g/mol. The third-order valence-electron chi connectivity index (χ3n) is 3.43. The van der Waals surface area contributed by atoms with Crippen LogP contribution in [0.2, 0.25) is 5.02 Å². The number of nitrogens with zero attached hydrogens (tertiary/aromatic N) is 1. The van der Waals surface area contributed by atoms with E-state index in [1.165, 1.54) is 0 Å². The molecule has 1 N–H and O–H groups in total. The Hall–Kier alpha value is -1.50. The molecule has 1 aromatic rings. The van der Waals surface area contributed by atoms with Gasteiger partial charge in [-0.3, -0.25) is 4.79 Å². The summed E-state index contributed by atoms with van der Waals surface area (Å²) in [5.74, 6) is 2.66. The Labute approximate surface area is 118 Å². The molecule has 2 unspecified atom stereocenters. The molecule has 0 spiro atoms. The van der Waals surface area contributed by atoms with Crippen molar-refractivity contribution < 1.29 is 9.90 Å². The molecule has 0 bridgehead atoms. The normalized spacial score (nSPS) is 20.4. The summed E-state index contributed by atoms with van der Waals surface area (Å²) >= 11 is 5.87. The Balaban J connectivity index is 2.23. The highest BCUT2D eigenvalue weighted by molar-refractivity contribution is 6.30. The minimum absolute atomic E-state index is 0.0256. The van der Waals surface area contributed by atoms with Crippen LogP contribution in [0.3, 0.4) is 0 Å². The average Bonchev–Trinajstić information content (AvgIpc) is 2.78. The summed E-state index contributed by atoms with van der Waals surface area (Å²) in [5.41, 5.74) is 0.976. The zero-order valence-corrected chi connectivity index (χ0v) is 11.3. The van der Waals surface area contributed by atoms with Crippen molar-refractivity contribution in [3.63, 3.8) is 0 Å². The Kier molecular flexibility index (Phi) is 4.47. The van der Waals surface area contributed by atoms with E-state index < -0.39 is 0 Å². The summed E-state index contributed by atoms with van der Waals surface area (Å²) in [5, 5.41) is 9.87. The van der Waals surface area contributed by atoms with Gasteiger partial charge in [-0.05, 0) is 24.1 Å². The molecule has 4 heteroatoms. The third-order valence-corrected chi connectivity index (χ3v) is 3.68. The molecular formula is C15H16ClNO2. The molecule has 0 aromatic heterocycles. The van der Waals surface area contributed by atoms with Crippen LogP contribution in [-0.4, -0.2) is 29.1 Å². The number of rotatable bonds is 4. The quantitative estimate of drug-likeness (QED) is 0.858. The second kappa shape index (κ2) is 6.10. The van der Waals surface area contributed by atoms with Gasteiger partial charge < -0.3 is 10.0 Å². The highest BCUT2D eigenvalue weighted by Crippen LogP contribution is 2.31. The van der Waals surface area contributed by atoms with Crippen molar-refractivity contribution in [2.45, 2.75) is 18.9 Å². The molecule has 1 fully saturated rings. The lowest BCUT2D eigenvalue weighted by Gasteiger charge is -2.28. The molecule has 19 heavy (non-hydrogen) atoms. The molecule has 0 saturated carbocycles. The van der Waals surface area contributed by atoms with Crippen LogP contribution >= 0.6 is 11.6 Å². The van der Waals surface area contributed by atoms with Crippen molar-refractivity contribution in [1.29, 1.82) is 0 Å². The second-order valence-corrected chi connectivity index (χ2v) is 5.13. The van der Waals surface area contributed by atoms with E-state index in [0.717, 1.165) is 5.56 Å². The van der Waals surface area contributed by atoms with Crippen molar-refractivity contribution in [2.75, 3.05) is 13.2 Å². The van der Waals surface area contributed by atoms with E-state index in [-0.39, 0.29) is 24.5 Å². The number of terminal acetylenes is 1. The minimum atomic E-state index is -0.131. The van der Waals surface area contributed by atoms with Gasteiger partial charge in [0.1, 0.15) is 0 Å². The van der Waals surface area contributed by atoms with Crippen LogP contribution in [0.4, 0.5) is 0 Å². The van der Waals surface area contributed by atoms with Crippen molar-refractivity contribution in [2.24, 2.45) is 5.92 Å². The summed E-state index contributed by atoms with van der Waals surface area (Å²) < 4.78 is 0. The van der Waals surface area contributed by atoms with Gasteiger partial charge in [0.15, 0.2) is 0 Å². The molecule has 1 aliphatic rings. The van der Waals surface area contributed by atoms with Gasteiger partial charge in [0.05, 0.1) is 6.04 Å². The summed E-state index contributed by atoms with van der Waals surface area (Å²) in [4.78, 5) is 13.8. The first kappa shape index (κ1) is 13.9. The van der Waals surface area contributed by atoms with E-state index >= 15 is 0 Å². The first-order chi connectivity index (χ1) is 9.15. The van der Waals surface area contributed by atoms with Gasteiger partial charge in [-0.15, -0.1) is 12.3 Å².